The Bertz CT molecular complexity index is 409. The highest BCUT2D eigenvalue weighted by Gasteiger charge is 2.41. The number of ether oxygens (including phenoxy) is 1. The van der Waals surface area contributed by atoms with E-state index in [1.807, 2.05) is 0 Å². The predicted octanol–water partition coefficient (Wildman–Crippen LogP) is 3.90. The molecular weight excluding hydrogens is 222 g/mol. The van der Waals surface area contributed by atoms with Crippen LogP contribution in [-0.4, -0.2) is 18.2 Å². The van der Waals surface area contributed by atoms with Crippen LogP contribution in [-0.2, 0) is 4.74 Å². The molecule has 0 aromatic heterocycles. The van der Waals surface area contributed by atoms with Gasteiger partial charge in [-0.05, 0) is 44.2 Å². The van der Waals surface area contributed by atoms with E-state index >= 15 is 0 Å². The first kappa shape index (κ1) is 12.0. The van der Waals surface area contributed by atoms with Gasteiger partial charge in [0.05, 0.1) is 11.7 Å². The fourth-order valence-corrected chi connectivity index (χ4v) is 3.42. The molecule has 0 radical (unpaired) electrons. The van der Waals surface area contributed by atoms with Crippen molar-refractivity contribution in [1.29, 1.82) is 0 Å². The molecule has 1 saturated heterocycles. The molecule has 2 aliphatic rings. The molecule has 1 aromatic carbocycles. The Kier molecular flexibility index (Phi) is 3.29. The van der Waals surface area contributed by atoms with E-state index in [9.17, 15) is 0 Å². The minimum absolute atomic E-state index is 0.262. The van der Waals surface area contributed by atoms with Gasteiger partial charge in [0, 0.05) is 12.2 Å². The van der Waals surface area contributed by atoms with Gasteiger partial charge < -0.3 is 10.1 Å². The molecule has 1 saturated carbocycles. The summed E-state index contributed by atoms with van der Waals surface area (Å²) >= 11 is 0. The second-order valence-corrected chi connectivity index (χ2v) is 5.86. The van der Waals surface area contributed by atoms with Crippen LogP contribution >= 0.6 is 0 Å². The summed E-state index contributed by atoms with van der Waals surface area (Å²) in [5.74, 6) is 0. The third-order valence-corrected chi connectivity index (χ3v) is 4.52. The van der Waals surface area contributed by atoms with Gasteiger partial charge >= 0.3 is 0 Å². The summed E-state index contributed by atoms with van der Waals surface area (Å²) in [5, 5.41) is 3.54. The van der Waals surface area contributed by atoms with Gasteiger partial charge in [-0.3, -0.25) is 0 Å². The highest BCUT2D eigenvalue weighted by atomic mass is 16.5. The quantitative estimate of drug-likeness (QED) is 0.872. The van der Waals surface area contributed by atoms with Crippen molar-refractivity contribution in [3.05, 3.63) is 29.8 Å². The van der Waals surface area contributed by atoms with E-state index in [4.69, 9.17) is 4.74 Å². The van der Waals surface area contributed by atoms with E-state index in [0.717, 1.165) is 6.54 Å². The number of benzene rings is 1. The standard InChI is InChI=1S/C16H23NO/c1-13-6-2-3-7-15(13)17-12-14-8-11-16(18-14)9-4-5-10-16/h2-3,6-7,14,17H,4-5,8-12H2,1H3. The lowest BCUT2D eigenvalue weighted by Crippen LogP contribution is -2.28. The average Bonchev–Trinajstić information content (AvgIpc) is 3.00. The second kappa shape index (κ2) is 4.93. The summed E-state index contributed by atoms with van der Waals surface area (Å²) < 4.78 is 6.31. The average molecular weight is 245 g/mol. The smallest absolute Gasteiger partial charge is 0.0756 e. The summed E-state index contributed by atoms with van der Waals surface area (Å²) in [5.41, 5.74) is 2.82. The molecule has 1 N–H and O–H groups in total. The highest BCUT2D eigenvalue weighted by Crippen LogP contribution is 2.43. The molecule has 98 valence electrons. The number of para-hydroxylation sites is 1. The first-order valence-corrected chi connectivity index (χ1v) is 7.25. The Labute approximate surface area is 110 Å². The first-order valence-electron chi connectivity index (χ1n) is 7.25. The minimum Gasteiger partial charge on any atom is -0.382 e. The molecule has 18 heavy (non-hydrogen) atoms. The summed E-state index contributed by atoms with van der Waals surface area (Å²) in [6.07, 6.45) is 8.19. The van der Waals surface area contributed by atoms with Gasteiger partial charge in [-0.25, -0.2) is 0 Å². The molecular formula is C16H23NO. The molecule has 3 rings (SSSR count). The molecule has 0 amide bonds. The van der Waals surface area contributed by atoms with Crippen LogP contribution in [0.4, 0.5) is 5.69 Å². The maximum Gasteiger partial charge on any atom is 0.0756 e. The van der Waals surface area contributed by atoms with Crippen LogP contribution in [0.2, 0.25) is 0 Å². The van der Waals surface area contributed by atoms with Crippen molar-refractivity contribution in [1.82, 2.24) is 0 Å². The van der Waals surface area contributed by atoms with Crippen molar-refractivity contribution in [2.75, 3.05) is 11.9 Å². The SMILES string of the molecule is Cc1ccccc1NCC1CCC2(CCCC2)O1. The van der Waals surface area contributed by atoms with Gasteiger partial charge in [-0.15, -0.1) is 0 Å². The number of rotatable bonds is 3. The van der Waals surface area contributed by atoms with E-state index in [2.05, 4.69) is 36.5 Å². The fourth-order valence-electron chi connectivity index (χ4n) is 3.42. The lowest BCUT2D eigenvalue weighted by molar-refractivity contribution is -0.0307. The Morgan fingerprint density at radius 1 is 1.22 bits per heavy atom. The molecule has 0 bridgehead atoms. The first-order chi connectivity index (χ1) is 8.77. The van der Waals surface area contributed by atoms with E-state index in [1.54, 1.807) is 0 Å². The van der Waals surface area contributed by atoms with Crippen LogP contribution < -0.4 is 5.32 Å². The summed E-state index contributed by atoms with van der Waals surface area (Å²) in [6, 6.07) is 8.47. The molecule has 2 fully saturated rings. The van der Waals surface area contributed by atoms with Crippen LogP contribution in [0.25, 0.3) is 0 Å². The fraction of sp³-hybridized carbons (Fsp3) is 0.625. The van der Waals surface area contributed by atoms with Crippen molar-refractivity contribution in [2.45, 2.75) is 57.2 Å². The highest BCUT2D eigenvalue weighted by molar-refractivity contribution is 5.50. The van der Waals surface area contributed by atoms with Crippen LogP contribution in [0.5, 0.6) is 0 Å². The van der Waals surface area contributed by atoms with Crippen molar-refractivity contribution < 1.29 is 4.74 Å². The molecule has 1 spiro atoms. The van der Waals surface area contributed by atoms with Gasteiger partial charge in [-0.2, -0.15) is 0 Å². The molecule has 1 aromatic rings. The second-order valence-electron chi connectivity index (χ2n) is 5.86. The van der Waals surface area contributed by atoms with E-state index < -0.39 is 0 Å². The van der Waals surface area contributed by atoms with E-state index in [-0.39, 0.29) is 5.60 Å². The number of aryl methyl sites for hydroxylation is 1. The Hall–Kier alpha value is -1.02. The van der Waals surface area contributed by atoms with Crippen molar-refractivity contribution in [3.8, 4) is 0 Å². The zero-order chi connectivity index (χ0) is 12.4. The topological polar surface area (TPSA) is 21.3 Å². The maximum absolute atomic E-state index is 6.31. The Morgan fingerprint density at radius 3 is 2.78 bits per heavy atom. The van der Waals surface area contributed by atoms with Gasteiger partial charge in [-0.1, -0.05) is 31.0 Å². The summed E-state index contributed by atoms with van der Waals surface area (Å²) in [7, 11) is 0. The monoisotopic (exact) mass is 245 g/mol. The summed E-state index contributed by atoms with van der Waals surface area (Å²) in [4.78, 5) is 0. The predicted molar refractivity (Wildman–Crippen MR) is 75.0 cm³/mol. The molecule has 1 aliphatic heterocycles. The van der Waals surface area contributed by atoms with E-state index in [0.29, 0.717) is 6.10 Å². The molecule has 1 atom stereocenters. The van der Waals surface area contributed by atoms with Crippen molar-refractivity contribution in [2.24, 2.45) is 0 Å². The zero-order valence-electron chi connectivity index (χ0n) is 11.2. The number of anilines is 1. The number of hydrogen-bond donors (Lipinski definition) is 1. The molecule has 1 heterocycles. The van der Waals surface area contributed by atoms with Crippen LogP contribution in [0.15, 0.2) is 24.3 Å². The van der Waals surface area contributed by atoms with Gasteiger partial charge in [0.1, 0.15) is 0 Å². The summed E-state index contributed by atoms with van der Waals surface area (Å²) in [6.45, 7) is 3.10. The van der Waals surface area contributed by atoms with Crippen LogP contribution in [0.1, 0.15) is 44.1 Å². The minimum atomic E-state index is 0.262. The normalized spacial score (nSPS) is 25.7. The van der Waals surface area contributed by atoms with Gasteiger partial charge in [0.15, 0.2) is 0 Å². The molecule has 1 aliphatic carbocycles. The van der Waals surface area contributed by atoms with Crippen molar-refractivity contribution in [3.63, 3.8) is 0 Å². The lowest BCUT2D eigenvalue weighted by atomic mass is 9.98. The van der Waals surface area contributed by atoms with Gasteiger partial charge in [0.2, 0.25) is 0 Å². The molecule has 2 heteroatoms. The lowest BCUT2D eigenvalue weighted by Gasteiger charge is -2.24. The Morgan fingerprint density at radius 2 is 2.00 bits per heavy atom. The molecule has 2 nitrogen and oxygen atoms in total. The van der Waals surface area contributed by atoms with Gasteiger partial charge in [0.25, 0.3) is 0 Å². The Balaban J connectivity index is 1.54. The van der Waals surface area contributed by atoms with Crippen LogP contribution in [0.3, 0.4) is 0 Å². The van der Waals surface area contributed by atoms with Crippen LogP contribution in [0, 0.1) is 6.92 Å². The number of hydrogen-bond acceptors (Lipinski definition) is 2. The third-order valence-electron chi connectivity index (χ3n) is 4.52. The molecule has 1 unspecified atom stereocenters. The number of nitrogens with one attached hydrogen (secondary N) is 1. The van der Waals surface area contributed by atoms with E-state index in [1.165, 1.54) is 49.8 Å². The zero-order valence-corrected chi connectivity index (χ0v) is 11.2. The van der Waals surface area contributed by atoms with Crippen molar-refractivity contribution >= 4 is 5.69 Å². The maximum atomic E-state index is 6.31. The largest absolute Gasteiger partial charge is 0.382 e. The third kappa shape index (κ3) is 2.39.